The van der Waals surface area contributed by atoms with Crippen molar-refractivity contribution in [3.8, 4) is 0 Å². The van der Waals surface area contributed by atoms with E-state index in [-0.39, 0.29) is 18.5 Å². The highest BCUT2D eigenvalue weighted by Crippen LogP contribution is 2.23. The van der Waals surface area contributed by atoms with Crippen molar-refractivity contribution in [3.63, 3.8) is 0 Å². The van der Waals surface area contributed by atoms with Crippen LogP contribution in [0.25, 0.3) is 0 Å². The number of nitrogens with zero attached hydrogens (tertiary/aromatic N) is 4. The van der Waals surface area contributed by atoms with Crippen LogP contribution in [0.1, 0.15) is 42.5 Å². The number of urea groups is 1. The molecule has 3 heterocycles. The number of aryl methyl sites for hydroxylation is 1. The number of rotatable bonds is 3. The first-order valence-electron chi connectivity index (χ1n) is 8.32. The number of carbonyl (C=O) groups excluding carboxylic acids is 2. The Balaban J connectivity index is 1.56. The van der Waals surface area contributed by atoms with Crippen molar-refractivity contribution in [2.24, 2.45) is 0 Å². The predicted octanol–water partition coefficient (Wildman–Crippen LogP) is 1.80. The maximum atomic E-state index is 12.7. The quantitative estimate of drug-likeness (QED) is 0.873. The zero-order chi connectivity index (χ0) is 16.5. The highest BCUT2D eigenvalue weighted by molar-refractivity contribution is 6.04. The molecule has 2 aromatic rings. The summed E-state index contributed by atoms with van der Waals surface area (Å²) >= 11 is 0. The lowest BCUT2D eigenvalue weighted by Gasteiger charge is -2.14. The van der Waals surface area contributed by atoms with Gasteiger partial charge in [-0.2, -0.15) is 0 Å². The zero-order valence-electron chi connectivity index (χ0n) is 13.3. The van der Waals surface area contributed by atoms with Gasteiger partial charge >= 0.3 is 6.03 Å². The molecule has 0 spiro atoms. The van der Waals surface area contributed by atoms with Gasteiger partial charge in [-0.25, -0.2) is 4.79 Å². The maximum absolute atomic E-state index is 12.7. The number of imide groups is 1. The van der Waals surface area contributed by atoms with E-state index >= 15 is 0 Å². The van der Waals surface area contributed by atoms with E-state index in [1.54, 1.807) is 0 Å². The van der Waals surface area contributed by atoms with Gasteiger partial charge in [-0.3, -0.25) is 9.69 Å². The van der Waals surface area contributed by atoms with Crippen molar-refractivity contribution in [3.05, 3.63) is 47.5 Å². The van der Waals surface area contributed by atoms with Crippen LogP contribution in [-0.2, 0) is 24.3 Å². The van der Waals surface area contributed by atoms with E-state index < -0.39 is 6.04 Å². The van der Waals surface area contributed by atoms with E-state index in [1.165, 1.54) is 11.3 Å². The topological polar surface area (TPSA) is 80.1 Å². The Kier molecular flexibility index (Phi) is 3.76. The van der Waals surface area contributed by atoms with Crippen LogP contribution in [0.3, 0.4) is 0 Å². The summed E-state index contributed by atoms with van der Waals surface area (Å²) in [5, 5.41) is 11.2. The second kappa shape index (κ2) is 6.07. The Bertz CT molecular complexity index is 771. The molecule has 2 aliphatic heterocycles. The van der Waals surface area contributed by atoms with Crippen LogP contribution in [0.4, 0.5) is 4.79 Å². The van der Waals surface area contributed by atoms with E-state index in [0.717, 1.165) is 37.2 Å². The molecule has 124 valence electrons. The molecule has 2 aliphatic rings. The first-order chi connectivity index (χ1) is 11.7. The van der Waals surface area contributed by atoms with Crippen molar-refractivity contribution in [1.82, 2.24) is 25.0 Å². The van der Waals surface area contributed by atoms with E-state index in [2.05, 4.69) is 20.1 Å². The van der Waals surface area contributed by atoms with E-state index in [9.17, 15) is 9.59 Å². The van der Waals surface area contributed by atoms with Gasteiger partial charge in [0, 0.05) is 13.0 Å². The third kappa shape index (κ3) is 2.55. The average Bonchev–Trinajstić information content (AvgIpc) is 3.00. The van der Waals surface area contributed by atoms with Crippen LogP contribution in [0.15, 0.2) is 30.3 Å². The van der Waals surface area contributed by atoms with Gasteiger partial charge in [0.25, 0.3) is 5.91 Å². The molecule has 0 aliphatic carbocycles. The lowest BCUT2D eigenvalue weighted by atomic mass is 10.1. The smallest absolute Gasteiger partial charge is 0.322 e. The standard InChI is InChI=1S/C17H19N5O2/c23-16-15(12-7-3-1-4-8-12)18-17(24)22(16)11-14-20-19-13-9-5-2-6-10-21(13)14/h1,3-4,7-8,15H,2,5-6,9-11H2,(H,18,24)/t15-/m1/s1. The van der Waals surface area contributed by atoms with Crippen molar-refractivity contribution >= 4 is 11.9 Å². The number of hydrogen-bond donors (Lipinski definition) is 1. The van der Waals surface area contributed by atoms with Crippen molar-refractivity contribution in [2.75, 3.05) is 0 Å². The van der Waals surface area contributed by atoms with Crippen LogP contribution in [0.2, 0.25) is 0 Å². The SMILES string of the molecule is O=C1N[C@H](c2ccccc2)C(=O)N1Cc1nnc2n1CCCCC2. The molecular weight excluding hydrogens is 306 g/mol. The van der Waals surface area contributed by atoms with Gasteiger partial charge < -0.3 is 9.88 Å². The second-order valence-electron chi connectivity index (χ2n) is 6.21. The Morgan fingerprint density at radius 2 is 1.92 bits per heavy atom. The molecular formula is C17H19N5O2. The molecule has 0 saturated carbocycles. The van der Waals surface area contributed by atoms with Crippen LogP contribution in [-0.4, -0.2) is 31.6 Å². The van der Waals surface area contributed by atoms with Crippen LogP contribution < -0.4 is 5.32 Å². The first-order valence-corrected chi connectivity index (χ1v) is 8.32. The van der Waals surface area contributed by atoms with Gasteiger partial charge in [-0.05, 0) is 18.4 Å². The number of hydrogen-bond acceptors (Lipinski definition) is 4. The summed E-state index contributed by atoms with van der Waals surface area (Å²) in [7, 11) is 0. The Morgan fingerprint density at radius 3 is 2.75 bits per heavy atom. The fraction of sp³-hybridized carbons (Fsp3) is 0.412. The Labute approximate surface area is 139 Å². The molecule has 1 saturated heterocycles. The fourth-order valence-electron chi connectivity index (χ4n) is 3.34. The number of nitrogens with one attached hydrogen (secondary N) is 1. The maximum Gasteiger partial charge on any atom is 0.325 e. The highest BCUT2D eigenvalue weighted by Gasteiger charge is 2.39. The van der Waals surface area contributed by atoms with Crippen molar-refractivity contribution < 1.29 is 9.59 Å². The first kappa shape index (κ1) is 14.9. The minimum atomic E-state index is -0.620. The molecule has 1 fully saturated rings. The zero-order valence-corrected chi connectivity index (χ0v) is 13.3. The lowest BCUT2D eigenvalue weighted by Crippen LogP contribution is -2.31. The highest BCUT2D eigenvalue weighted by atomic mass is 16.2. The summed E-state index contributed by atoms with van der Waals surface area (Å²) < 4.78 is 2.06. The number of amides is 3. The normalized spacial score (nSPS) is 20.7. The molecule has 3 amide bonds. The predicted molar refractivity (Wildman–Crippen MR) is 85.8 cm³/mol. The van der Waals surface area contributed by atoms with Crippen molar-refractivity contribution in [1.29, 1.82) is 0 Å². The summed E-state index contributed by atoms with van der Waals surface area (Å²) in [6.07, 6.45) is 4.25. The molecule has 0 unspecified atom stereocenters. The molecule has 4 rings (SSSR count). The van der Waals surface area contributed by atoms with Gasteiger partial charge in [0.1, 0.15) is 11.9 Å². The summed E-state index contributed by atoms with van der Waals surface area (Å²) in [5.74, 6) is 1.40. The van der Waals surface area contributed by atoms with E-state index in [0.29, 0.717) is 5.82 Å². The molecule has 0 radical (unpaired) electrons. The van der Waals surface area contributed by atoms with Gasteiger partial charge in [-0.15, -0.1) is 10.2 Å². The molecule has 1 atom stereocenters. The fourth-order valence-corrected chi connectivity index (χ4v) is 3.34. The van der Waals surface area contributed by atoms with Crippen molar-refractivity contribution in [2.45, 2.75) is 44.8 Å². The molecule has 1 aromatic heterocycles. The van der Waals surface area contributed by atoms with Gasteiger partial charge in [0.15, 0.2) is 5.82 Å². The second-order valence-corrected chi connectivity index (χ2v) is 6.21. The summed E-state index contributed by atoms with van der Waals surface area (Å²) in [6.45, 7) is 1.02. The van der Waals surface area contributed by atoms with Gasteiger partial charge in [0.05, 0.1) is 6.54 Å². The van der Waals surface area contributed by atoms with E-state index in [4.69, 9.17) is 0 Å². The molecule has 7 nitrogen and oxygen atoms in total. The van der Waals surface area contributed by atoms with Gasteiger partial charge in [0.2, 0.25) is 0 Å². The molecule has 7 heteroatoms. The van der Waals surface area contributed by atoms with Crippen LogP contribution in [0.5, 0.6) is 0 Å². The third-order valence-electron chi connectivity index (χ3n) is 4.64. The average molecular weight is 325 g/mol. The molecule has 0 bridgehead atoms. The van der Waals surface area contributed by atoms with Crippen LogP contribution >= 0.6 is 0 Å². The third-order valence-corrected chi connectivity index (χ3v) is 4.64. The monoisotopic (exact) mass is 325 g/mol. The number of fused-ring (bicyclic) bond motifs is 1. The number of carbonyl (C=O) groups is 2. The summed E-state index contributed by atoms with van der Waals surface area (Å²) in [4.78, 5) is 26.2. The lowest BCUT2D eigenvalue weighted by molar-refractivity contribution is -0.128. The van der Waals surface area contributed by atoms with Crippen LogP contribution in [0, 0.1) is 0 Å². The minimum Gasteiger partial charge on any atom is -0.322 e. The number of benzene rings is 1. The largest absolute Gasteiger partial charge is 0.325 e. The molecule has 24 heavy (non-hydrogen) atoms. The summed E-state index contributed by atoms with van der Waals surface area (Å²) in [5.41, 5.74) is 0.790. The minimum absolute atomic E-state index is 0.168. The van der Waals surface area contributed by atoms with Gasteiger partial charge in [-0.1, -0.05) is 36.8 Å². The van der Waals surface area contributed by atoms with E-state index in [1.807, 2.05) is 30.3 Å². The Hall–Kier alpha value is -2.70. The Morgan fingerprint density at radius 1 is 1.08 bits per heavy atom. The number of aromatic nitrogens is 3. The molecule has 1 aromatic carbocycles. The molecule has 1 N–H and O–H groups in total. The summed E-state index contributed by atoms with van der Waals surface area (Å²) in [6, 6.07) is 8.29.